The number of aliphatic hydroxyl groups excluding tert-OH is 1. The predicted octanol–water partition coefficient (Wildman–Crippen LogP) is 1.68. The molecule has 1 saturated heterocycles. The molecule has 1 fully saturated rings. The molecular formula is C17H21N2O7P. The number of nitrogens with zero attached hydrogens (tertiary/aromatic N) is 1. The van der Waals surface area contributed by atoms with Crippen molar-refractivity contribution >= 4 is 8.60 Å². The second-order valence-electron chi connectivity index (χ2n) is 5.80. The van der Waals surface area contributed by atoms with Crippen molar-refractivity contribution < 1.29 is 23.4 Å². The molecular weight excluding hydrogens is 375 g/mol. The van der Waals surface area contributed by atoms with Gasteiger partial charge in [0.05, 0.1) is 19.3 Å². The maximum absolute atomic E-state index is 11.8. The topological polar surface area (TPSA) is 112 Å². The van der Waals surface area contributed by atoms with E-state index in [-0.39, 0.29) is 6.10 Å². The summed E-state index contributed by atoms with van der Waals surface area (Å²) in [5.41, 5.74) is 0.104. The lowest BCUT2D eigenvalue weighted by Gasteiger charge is -2.24. The summed E-state index contributed by atoms with van der Waals surface area (Å²) in [5, 5.41) is 7.00. The van der Waals surface area contributed by atoms with E-state index in [4.69, 9.17) is 23.4 Å². The monoisotopic (exact) mass is 396 g/mol. The Morgan fingerprint density at radius 2 is 2.07 bits per heavy atom. The number of ether oxygens (including phenoxy) is 1. The van der Waals surface area contributed by atoms with Crippen LogP contribution in [0.5, 0.6) is 5.75 Å². The standard InChI is InChI=1S/C16H17N2O6P.CH4O/c19-14-7-8-18(16(20)17-14)15-6-5-12(23-15)10-22-25-21-9-11-3-1-2-4-13(11)24-25;1-2/h1-4,7-8,12,15H,5-6,9-10H2,(H,17,19,20);2H,1H3. The van der Waals surface area contributed by atoms with Gasteiger partial charge in [0.2, 0.25) is 0 Å². The van der Waals surface area contributed by atoms with E-state index in [1.807, 2.05) is 24.3 Å². The third-order valence-corrected chi connectivity index (χ3v) is 5.13. The van der Waals surface area contributed by atoms with Gasteiger partial charge in [0.25, 0.3) is 5.56 Å². The summed E-state index contributed by atoms with van der Waals surface area (Å²) < 4.78 is 24.2. The summed E-state index contributed by atoms with van der Waals surface area (Å²) in [6.45, 7) is 0.783. The third-order valence-electron chi connectivity index (χ3n) is 4.08. The van der Waals surface area contributed by atoms with Gasteiger partial charge < -0.3 is 14.4 Å². The minimum Gasteiger partial charge on any atom is -0.426 e. The molecule has 2 aromatic rings. The van der Waals surface area contributed by atoms with Gasteiger partial charge in [-0.2, -0.15) is 0 Å². The molecule has 9 nitrogen and oxygen atoms in total. The van der Waals surface area contributed by atoms with E-state index in [0.29, 0.717) is 19.6 Å². The molecule has 146 valence electrons. The first kappa shape index (κ1) is 19.7. The highest BCUT2D eigenvalue weighted by atomic mass is 31.2. The molecule has 3 heterocycles. The number of hydrogen-bond donors (Lipinski definition) is 2. The van der Waals surface area contributed by atoms with Gasteiger partial charge >= 0.3 is 14.3 Å². The number of aromatic nitrogens is 2. The van der Waals surface area contributed by atoms with Crippen LogP contribution in [0.15, 0.2) is 46.1 Å². The number of fused-ring (bicyclic) bond motifs is 1. The number of rotatable bonds is 4. The largest absolute Gasteiger partial charge is 0.426 e. The minimum atomic E-state index is -1.45. The molecule has 2 aliphatic heterocycles. The molecule has 0 spiro atoms. The molecule has 3 atom stereocenters. The zero-order chi connectivity index (χ0) is 19.2. The minimum absolute atomic E-state index is 0.157. The van der Waals surface area contributed by atoms with E-state index < -0.39 is 26.1 Å². The Morgan fingerprint density at radius 1 is 1.26 bits per heavy atom. The van der Waals surface area contributed by atoms with E-state index in [9.17, 15) is 9.59 Å². The summed E-state index contributed by atoms with van der Waals surface area (Å²) in [5.74, 6) is 0.782. The quantitative estimate of drug-likeness (QED) is 0.756. The number of benzene rings is 1. The highest BCUT2D eigenvalue weighted by Crippen LogP contribution is 2.47. The maximum Gasteiger partial charge on any atom is 0.397 e. The summed E-state index contributed by atoms with van der Waals surface area (Å²) in [6, 6.07) is 8.99. The van der Waals surface area contributed by atoms with Gasteiger partial charge in [-0.05, 0) is 18.9 Å². The second kappa shape index (κ2) is 9.25. The van der Waals surface area contributed by atoms with Crippen LogP contribution in [-0.2, 0) is 20.4 Å². The van der Waals surface area contributed by atoms with Crippen LogP contribution >= 0.6 is 8.60 Å². The molecule has 0 saturated carbocycles. The van der Waals surface area contributed by atoms with E-state index in [1.165, 1.54) is 16.8 Å². The van der Waals surface area contributed by atoms with Crippen molar-refractivity contribution in [2.45, 2.75) is 31.8 Å². The van der Waals surface area contributed by atoms with Gasteiger partial charge in [-0.25, -0.2) is 4.79 Å². The Morgan fingerprint density at radius 3 is 2.89 bits per heavy atom. The van der Waals surface area contributed by atoms with Crippen LogP contribution in [0.1, 0.15) is 24.6 Å². The highest BCUT2D eigenvalue weighted by molar-refractivity contribution is 7.42. The molecule has 2 aliphatic rings. The molecule has 4 rings (SSSR count). The van der Waals surface area contributed by atoms with Crippen LogP contribution in [0.25, 0.3) is 0 Å². The number of aromatic amines is 1. The molecule has 0 aliphatic carbocycles. The molecule has 27 heavy (non-hydrogen) atoms. The fourth-order valence-corrected chi connectivity index (χ4v) is 3.87. The molecule has 0 amide bonds. The van der Waals surface area contributed by atoms with Gasteiger partial charge in [0, 0.05) is 24.9 Å². The maximum atomic E-state index is 11.8. The fraction of sp³-hybridized carbons (Fsp3) is 0.412. The number of aliphatic hydroxyl groups is 1. The first-order valence-corrected chi connectivity index (χ1v) is 9.52. The molecule has 1 aromatic heterocycles. The van der Waals surface area contributed by atoms with Crippen molar-refractivity contribution in [2.75, 3.05) is 13.7 Å². The van der Waals surface area contributed by atoms with Crippen molar-refractivity contribution in [3.05, 3.63) is 62.9 Å². The van der Waals surface area contributed by atoms with Crippen molar-refractivity contribution in [3.8, 4) is 5.75 Å². The predicted molar refractivity (Wildman–Crippen MR) is 97.3 cm³/mol. The van der Waals surface area contributed by atoms with Gasteiger partial charge in [0.1, 0.15) is 12.0 Å². The lowest BCUT2D eigenvalue weighted by atomic mass is 10.2. The Balaban J connectivity index is 0.00000102. The number of nitrogens with one attached hydrogen (secondary N) is 1. The van der Waals surface area contributed by atoms with E-state index >= 15 is 0 Å². The first-order chi connectivity index (χ1) is 13.2. The molecule has 1 aromatic carbocycles. The summed E-state index contributed by atoms with van der Waals surface area (Å²) in [6.07, 6.45) is 2.30. The van der Waals surface area contributed by atoms with Crippen molar-refractivity contribution in [3.63, 3.8) is 0 Å². The van der Waals surface area contributed by atoms with E-state index in [0.717, 1.165) is 24.8 Å². The Labute approximate surface area is 156 Å². The fourth-order valence-electron chi connectivity index (χ4n) is 2.82. The number of hydrogen-bond acceptors (Lipinski definition) is 7. The van der Waals surface area contributed by atoms with Gasteiger partial charge in [0.15, 0.2) is 0 Å². The lowest BCUT2D eigenvalue weighted by Crippen LogP contribution is -2.31. The molecule has 2 N–H and O–H groups in total. The van der Waals surface area contributed by atoms with Crippen molar-refractivity contribution in [1.29, 1.82) is 0 Å². The van der Waals surface area contributed by atoms with Crippen LogP contribution in [0.3, 0.4) is 0 Å². The average Bonchev–Trinajstić information content (AvgIpc) is 3.16. The van der Waals surface area contributed by atoms with E-state index in [2.05, 4.69) is 4.98 Å². The highest BCUT2D eigenvalue weighted by Gasteiger charge is 2.30. The second-order valence-corrected chi connectivity index (χ2v) is 6.95. The average molecular weight is 396 g/mol. The summed E-state index contributed by atoms with van der Waals surface area (Å²) >= 11 is 0. The van der Waals surface area contributed by atoms with E-state index in [1.54, 1.807) is 0 Å². The first-order valence-electron chi connectivity index (χ1n) is 8.42. The summed E-state index contributed by atoms with van der Waals surface area (Å²) in [4.78, 5) is 25.2. The van der Waals surface area contributed by atoms with Crippen molar-refractivity contribution in [2.24, 2.45) is 0 Å². The lowest BCUT2D eigenvalue weighted by molar-refractivity contribution is -0.0229. The van der Waals surface area contributed by atoms with Crippen LogP contribution in [0.4, 0.5) is 0 Å². The molecule has 10 heteroatoms. The van der Waals surface area contributed by atoms with Gasteiger partial charge in [-0.1, -0.05) is 18.2 Å². The molecule has 0 radical (unpaired) electrons. The zero-order valence-corrected chi connectivity index (χ0v) is 15.6. The Kier molecular flexibility index (Phi) is 6.76. The summed E-state index contributed by atoms with van der Waals surface area (Å²) in [7, 11) is -0.450. The molecule has 0 bridgehead atoms. The number of para-hydroxylation sites is 1. The van der Waals surface area contributed by atoms with Crippen LogP contribution < -0.4 is 15.8 Å². The Bertz CT molecular complexity index is 869. The smallest absolute Gasteiger partial charge is 0.397 e. The van der Waals surface area contributed by atoms with Crippen LogP contribution in [0, 0.1) is 0 Å². The Hall–Kier alpha value is -2.03. The van der Waals surface area contributed by atoms with Gasteiger partial charge in [-0.15, -0.1) is 0 Å². The van der Waals surface area contributed by atoms with Crippen molar-refractivity contribution in [1.82, 2.24) is 9.55 Å². The number of H-pyrrole nitrogens is 1. The van der Waals surface area contributed by atoms with Gasteiger partial charge in [-0.3, -0.25) is 23.4 Å². The van der Waals surface area contributed by atoms with Crippen LogP contribution in [0.2, 0.25) is 0 Å². The van der Waals surface area contributed by atoms with Crippen LogP contribution in [-0.4, -0.2) is 34.5 Å². The normalized spacial score (nSPS) is 23.7. The zero-order valence-electron chi connectivity index (χ0n) is 14.7. The molecule has 3 unspecified atom stereocenters. The SMILES string of the molecule is CO.O=c1ccn(C2CCC(COP3OCc4ccccc4O3)O2)c(=O)[nH]1. The third kappa shape index (κ3) is 4.82.